The lowest BCUT2D eigenvalue weighted by Crippen LogP contribution is -2.50. The molecule has 27 heavy (non-hydrogen) atoms. The number of amides is 1. The van der Waals surface area contributed by atoms with Crippen molar-refractivity contribution in [3.8, 4) is 0 Å². The highest BCUT2D eigenvalue weighted by atomic mass is 32.2. The van der Waals surface area contributed by atoms with Gasteiger partial charge in [-0.25, -0.2) is 12.8 Å². The highest BCUT2D eigenvalue weighted by molar-refractivity contribution is 7.92. The van der Waals surface area contributed by atoms with Gasteiger partial charge in [-0.2, -0.15) is 0 Å². The largest absolute Gasteiger partial charge is 0.348 e. The molecule has 0 unspecified atom stereocenters. The maximum absolute atomic E-state index is 14.3. The number of carbonyl (C=O) groups is 1. The van der Waals surface area contributed by atoms with Crippen molar-refractivity contribution < 1.29 is 17.6 Å². The van der Waals surface area contributed by atoms with Crippen LogP contribution in [-0.4, -0.2) is 26.6 Å². The van der Waals surface area contributed by atoms with Crippen LogP contribution in [-0.2, 0) is 14.8 Å². The first-order chi connectivity index (χ1) is 12.6. The SMILES string of the molecule is CC[C@H](C(=O)N[C@H](C)c1ccc(C)cc1)N(c1ccccc1F)S(C)(=O)=O. The van der Waals surface area contributed by atoms with Crippen molar-refractivity contribution in [3.05, 3.63) is 65.5 Å². The van der Waals surface area contributed by atoms with Crippen molar-refractivity contribution >= 4 is 21.6 Å². The van der Waals surface area contributed by atoms with E-state index in [4.69, 9.17) is 0 Å². The lowest BCUT2D eigenvalue weighted by atomic mass is 10.1. The van der Waals surface area contributed by atoms with Crippen molar-refractivity contribution in [2.75, 3.05) is 10.6 Å². The third kappa shape index (κ3) is 5.07. The number of aryl methyl sites for hydroxylation is 1. The summed E-state index contributed by atoms with van der Waals surface area (Å²) in [5, 5.41) is 2.84. The predicted octanol–water partition coefficient (Wildman–Crippen LogP) is 3.56. The van der Waals surface area contributed by atoms with Crippen molar-refractivity contribution in [2.24, 2.45) is 0 Å². The minimum absolute atomic E-state index is 0.134. The first kappa shape index (κ1) is 20.9. The Balaban J connectivity index is 2.32. The average Bonchev–Trinajstić information content (AvgIpc) is 2.59. The number of hydrogen-bond donors (Lipinski definition) is 1. The highest BCUT2D eigenvalue weighted by Gasteiger charge is 2.33. The number of para-hydroxylation sites is 1. The number of benzene rings is 2. The molecule has 7 heteroatoms. The standard InChI is InChI=1S/C20H25FN2O3S/c1-5-18(20(24)22-15(3)16-12-10-14(2)11-13-16)23(27(4,25)26)19-9-7-6-8-17(19)21/h6-13,15,18H,5H2,1-4H3,(H,22,24)/t15-,18-/m1/s1. The van der Waals surface area contributed by atoms with Crippen LogP contribution in [0.4, 0.5) is 10.1 Å². The maximum atomic E-state index is 14.3. The molecule has 0 fully saturated rings. The van der Waals surface area contributed by atoms with Gasteiger partial charge < -0.3 is 5.32 Å². The fourth-order valence-corrected chi connectivity index (χ4v) is 4.13. The van der Waals surface area contributed by atoms with Gasteiger partial charge in [0.05, 0.1) is 18.0 Å². The molecule has 0 saturated heterocycles. The molecule has 0 aliphatic heterocycles. The summed E-state index contributed by atoms with van der Waals surface area (Å²) in [5.74, 6) is -1.17. The van der Waals surface area contributed by atoms with Crippen LogP contribution in [0, 0.1) is 12.7 Å². The quantitative estimate of drug-likeness (QED) is 0.784. The molecule has 0 heterocycles. The molecule has 0 spiro atoms. The highest BCUT2D eigenvalue weighted by Crippen LogP contribution is 2.26. The van der Waals surface area contributed by atoms with Gasteiger partial charge in [-0.15, -0.1) is 0 Å². The summed E-state index contributed by atoms with van der Waals surface area (Å²) < 4.78 is 39.8. The molecule has 2 rings (SSSR count). The normalized spacial score (nSPS) is 13.7. The van der Waals surface area contributed by atoms with E-state index in [0.717, 1.165) is 21.7 Å². The average molecular weight is 392 g/mol. The Bertz CT molecular complexity index is 898. The number of halogens is 1. The number of nitrogens with zero attached hydrogens (tertiary/aromatic N) is 1. The van der Waals surface area contributed by atoms with Gasteiger partial charge in [0.15, 0.2) is 0 Å². The van der Waals surface area contributed by atoms with Crippen LogP contribution >= 0.6 is 0 Å². The van der Waals surface area contributed by atoms with Crippen LogP contribution in [0.15, 0.2) is 48.5 Å². The molecule has 0 saturated carbocycles. The lowest BCUT2D eigenvalue weighted by Gasteiger charge is -2.31. The van der Waals surface area contributed by atoms with Gasteiger partial charge in [0.2, 0.25) is 15.9 Å². The zero-order valence-electron chi connectivity index (χ0n) is 15.9. The van der Waals surface area contributed by atoms with Crippen LogP contribution in [0.3, 0.4) is 0 Å². The van der Waals surface area contributed by atoms with E-state index in [9.17, 15) is 17.6 Å². The minimum Gasteiger partial charge on any atom is -0.348 e. The first-order valence-corrected chi connectivity index (χ1v) is 10.6. The number of nitrogens with one attached hydrogen (secondary N) is 1. The number of carbonyl (C=O) groups excluding carboxylic acids is 1. The van der Waals surface area contributed by atoms with Gasteiger partial charge >= 0.3 is 0 Å². The summed E-state index contributed by atoms with van der Waals surface area (Å²) in [6.07, 6.45) is 1.17. The Morgan fingerprint density at radius 1 is 1.15 bits per heavy atom. The van der Waals surface area contributed by atoms with Gasteiger partial charge in [0.25, 0.3) is 0 Å². The van der Waals surface area contributed by atoms with E-state index in [1.807, 2.05) is 38.1 Å². The molecule has 2 atom stereocenters. The molecule has 1 amide bonds. The monoisotopic (exact) mass is 392 g/mol. The van der Waals surface area contributed by atoms with Gasteiger partial charge in [-0.1, -0.05) is 48.9 Å². The molecule has 5 nitrogen and oxygen atoms in total. The molecule has 0 aliphatic rings. The topological polar surface area (TPSA) is 66.5 Å². The molecule has 2 aromatic carbocycles. The second-order valence-electron chi connectivity index (χ2n) is 6.58. The van der Waals surface area contributed by atoms with E-state index in [2.05, 4.69) is 5.32 Å². The van der Waals surface area contributed by atoms with Crippen LogP contribution in [0.1, 0.15) is 37.4 Å². The van der Waals surface area contributed by atoms with Crippen molar-refractivity contribution in [1.29, 1.82) is 0 Å². The summed E-state index contributed by atoms with van der Waals surface area (Å²) in [6, 6.07) is 11.9. The second-order valence-corrected chi connectivity index (χ2v) is 8.43. The fraction of sp³-hybridized carbons (Fsp3) is 0.350. The Kier molecular flexibility index (Phi) is 6.59. The Morgan fingerprint density at radius 3 is 2.26 bits per heavy atom. The van der Waals surface area contributed by atoms with Gasteiger partial charge in [0, 0.05) is 0 Å². The van der Waals surface area contributed by atoms with E-state index in [1.54, 1.807) is 6.92 Å². The lowest BCUT2D eigenvalue weighted by molar-refractivity contribution is -0.122. The Labute approximate surface area is 160 Å². The summed E-state index contributed by atoms with van der Waals surface area (Å²) in [5.41, 5.74) is 1.87. The number of anilines is 1. The molecule has 146 valence electrons. The van der Waals surface area contributed by atoms with E-state index < -0.39 is 27.8 Å². The molecular weight excluding hydrogens is 367 g/mol. The molecule has 0 aromatic heterocycles. The number of sulfonamides is 1. The summed E-state index contributed by atoms with van der Waals surface area (Å²) >= 11 is 0. The van der Waals surface area contributed by atoms with E-state index in [1.165, 1.54) is 24.3 Å². The van der Waals surface area contributed by atoms with Crippen LogP contribution in [0.25, 0.3) is 0 Å². The number of hydrogen-bond acceptors (Lipinski definition) is 3. The smallest absolute Gasteiger partial charge is 0.244 e. The van der Waals surface area contributed by atoms with E-state index >= 15 is 0 Å². The molecule has 0 aliphatic carbocycles. The van der Waals surface area contributed by atoms with Crippen LogP contribution in [0.5, 0.6) is 0 Å². The van der Waals surface area contributed by atoms with Crippen molar-refractivity contribution in [2.45, 2.75) is 39.3 Å². The predicted molar refractivity (Wildman–Crippen MR) is 106 cm³/mol. The molecule has 0 radical (unpaired) electrons. The molecule has 1 N–H and O–H groups in total. The van der Waals surface area contributed by atoms with Gasteiger partial charge in [-0.05, 0) is 38.0 Å². The van der Waals surface area contributed by atoms with Crippen molar-refractivity contribution in [1.82, 2.24) is 5.32 Å². The zero-order valence-corrected chi connectivity index (χ0v) is 16.8. The summed E-state index contributed by atoms with van der Waals surface area (Å²) in [7, 11) is -3.87. The van der Waals surface area contributed by atoms with Crippen LogP contribution < -0.4 is 9.62 Å². The summed E-state index contributed by atoms with van der Waals surface area (Å²) in [6.45, 7) is 5.49. The fourth-order valence-electron chi connectivity index (χ4n) is 2.91. The summed E-state index contributed by atoms with van der Waals surface area (Å²) in [4.78, 5) is 12.9. The Hall–Kier alpha value is -2.41. The third-order valence-corrected chi connectivity index (χ3v) is 5.52. The molecule has 0 bridgehead atoms. The van der Waals surface area contributed by atoms with E-state index in [-0.39, 0.29) is 18.2 Å². The van der Waals surface area contributed by atoms with Gasteiger partial charge in [0.1, 0.15) is 11.9 Å². The molecule has 2 aromatic rings. The van der Waals surface area contributed by atoms with Gasteiger partial charge in [-0.3, -0.25) is 9.10 Å². The van der Waals surface area contributed by atoms with E-state index in [0.29, 0.717) is 0 Å². The maximum Gasteiger partial charge on any atom is 0.244 e. The Morgan fingerprint density at radius 2 is 1.74 bits per heavy atom. The number of rotatable bonds is 7. The van der Waals surface area contributed by atoms with Crippen molar-refractivity contribution in [3.63, 3.8) is 0 Å². The third-order valence-electron chi connectivity index (χ3n) is 4.36. The zero-order chi connectivity index (χ0) is 20.2. The molecular formula is C20H25FN2O3S. The minimum atomic E-state index is -3.87. The second kappa shape index (κ2) is 8.52. The van der Waals surface area contributed by atoms with Crippen LogP contribution in [0.2, 0.25) is 0 Å². The first-order valence-electron chi connectivity index (χ1n) is 8.76.